The first-order chi connectivity index (χ1) is 12.6. The summed E-state index contributed by atoms with van der Waals surface area (Å²) >= 11 is 0. The predicted octanol–water partition coefficient (Wildman–Crippen LogP) is 1.61. The van der Waals surface area contributed by atoms with Gasteiger partial charge >= 0.3 is 0 Å². The number of likely N-dealkylation sites (tertiary alicyclic amines) is 1. The molecule has 2 amide bonds. The van der Waals surface area contributed by atoms with Gasteiger partial charge in [-0.25, -0.2) is 4.98 Å². The van der Waals surface area contributed by atoms with Crippen LogP contribution in [0.1, 0.15) is 18.7 Å². The quantitative estimate of drug-likeness (QED) is 0.807. The van der Waals surface area contributed by atoms with Crippen molar-refractivity contribution in [3.63, 3.8) is 0 Å². The molecule has 2 saturated heterocycles. The number of nitrogens with one attached hydrogen (secondary N) is 1. The van der Waals surface area contributed by atoms with Gasteiger partial charge in [0, 0.05) is 32.2 Å². The fourth-order valence-electron chi connectivity index (χ4n) is 4.07. The van der Waals surface area contributed by atoms with E-state index in [0.717, 1.165) is 49.3 Å². The molecule has 7 nitrogen and oxygen atoms in total. The molecule has 1 aromatic carbocycles. The third kappa shape index (κ3) is 4.42. The highest BCUT2D eigenvalue weighted by atomic mass is 35.5. The molecule has 4 rings (SSSR count). The normalized spacial score (nSPS) is 19.9. The highest BCUT2D eigenvalue weighted by molar-refractivity contribution is 5.85. The lowest BCUT2D eigenvalue weighted by molar-refractivity contribution is -0.140. The first-order valence-electron chi connectivity index (χ1n) is 9.33. The van der Waals surface area contributed by atoms with E-state index < -0.39 is 0 Å². The van der Waals surface area contributed by atoms with Crippen LogP contribution < -0.4 is 5.32 Å². The minimum Gasteiger partial charge on any atom is -0.339 e. The number of rotatable bonds is 3. The van der Waals surface area contributed by atoms with Gasteiger partial charge in [-0.05, 0) is 31.9 Å². The van der Waals surface area contributed by atoms with E-state index in [1.807, 2.05) is 45.6 Å². The van der Waals surface area contributed by atoms with Crippen LogP contribution in [-0.4, -0.2) is 69.9 Å². The van der Waals surface area contributed by atoms with Crippen molar-refractivity contribution in [2.75, 3.05) is 32.7 Å². The first-order valence-corrected chi connectivity index (χ1v) is 9.33. The van der Waals surface area contributed by atoms with Crippen LogP contribution in [0.25, 0.3) is 11.0 Å². The number of hydrogen-bond acceptors (Lipinski definition) is 4. The summed E-state index contributed by atoms with van der Waals surface area (Å²) in [6, 6.07) is 8.04. The average molecular weight is 428 g/mol. The molecular formula is C19H27Cl2N5O2. The predicted molar refractivity (Wildman–Crippen MR) is 113 cm³/mol. The molecule has 2 aliphatic heterocycles. The topological polar surface area (TPSA) is 70.5 Å². The molecule has 1 N–H and O–H groups in total. The third-order valence-corrected chi connectivity index (χ3v) is 5.45. The molecule has 28 heavy (non-hydrogen) atoms. The van der Waals surface area contributed by atoms with Crippen LogP contribution in [0.5, 0.6) is 0 Å². The Morgan fingerprint density at radius 1 is 1.25 bits per heavy atom. The van der Waals surface area contributed by atoms with Crippen LogP contribution in [0.3, 0.4) is 0 Å². The fraction of sp³-hybridized carbons (Fsp3) is 0.526. The molecular weight excluding hydrogens is 401 g/mol. The zero-order valence-electron chi connectivity index (χ0n) is 16.0. The molecule has 1 atom stereocenters. The second-order valence-electron chi connectivity index (χ2n) is 7.13. The van der Waals surface area contributed by atoms with Crippen LogP contribution in [0.4, 0.5) is 0 Å². The van der Waals surface area contributed by atoms with Gasteiger partial charge in [0.25, 0.3) is 0 Å². The monoisotopic (exact) mass is 427 g/mol. The van der Waals surface area contributed by atoms with Crippen molar-refractivity contribution in [1.82, 2.24) is 24.7 Å². The summed E-state index contributed by atoms with van der Waals surface area (Å²) in [5, 5.41) is 3.11. The maximum Gasteiger partial charge on any atom is 0.242 e. The second-order valence-corrected chi connectivity index (χ2v) is 7.13. The lowest BCUT2D eigenvalue weighted by atomic mass is 10.0. The molecule has 9 heteroatoms. The van der Waals surface area contributed by atoms with E-state index in [-0.39, 0.29) is 42.7 Å². The number of aryl methyl sites for hydroxylation is 1. The number of carbonyl (C=O) groups is 2. The van der Waals surface area contributed by atoms with Crippen molar-refractivity contribution < 1.29 is 9.59 Å². The van der Waals surface area contributed by atoms with Crippen LogP contribution in [0.15, 0.2) is 24.3 Å². The molecule has 0 bridgehead atoms. The maximum atomic E-state index is 12.9. The minimum atomic E-state index is 0. The Hall–Kier alpha value is -1.83. The van der Waals surface area contributed by atoms with Gasteiger partial charge in [0.05, 0.1) is 17.6 Å². The Morgan fingerprint density at radius 3 is 2.82 bits per heavy atom. The average Bonchev–Trinajstić information content (AvgIpc) is 2.98. The number of carbonyl (C=O) groups excluding carboxylic acids is 2. The van der Waals surface area contributed by atoms with E-state index in [0.29, 0.717) is 19.6 Å². The maximum absolute atomic E-state index is 12.9. The van der Waals surface area contributed by atoms with Crippen molar-refractivity contribution in [2.45, 2.75) is 32.4 Å². The molecule has 1 aromatic heterocycles. The number of halogens is 2. The zero-order chi connectivity index (χ0) is 18.1. The van der Waals surface area contributed by atoms with Crippen molar-refractivity contribution in [3.8, 4) is 0 Å². The Bertz CT molecular complexity index is 841. The van der Waals surface area contributed by atoms with Crippen molar-refractivity contribution >= 4 is 47.7 Å². The van der Waals surface area contributed by atoms with Gasteiger partial charge in [-0.1, -0.05) is 12.1 Å². The molecule has 154 valence electrons. The molecule has 0 radical (unpaired) electrons. The number of amides is 2. The number of nitrogens with zero attached hydrogens (tertiary/aromatic N) is 4. The van der Waals surface area contributed by atoms with E-state index in [2.05, 4.69) is 10.3 Å². The number of fused-ring (bicyclic) bond motifs is 1. The van der Waals surface area contributed by atoms with Crippen LogP contribution in [0.2, 0.25) is 0 Å². The SMILES string of the molecule is Cc1nc2ccccc2n1CC(=O)N1CCCC(N2CCNCC2=O)C1.Cl.Cl. The van der Waals surface area contributed by atoms with E-state index in [4.69, 9.17) is 0 Å². The van der Waals surface area contributed by atoms with Gasteiger partial charge in [-0.15, -0.1) is 24.8 Å². The zero-order valence-corrected chi connectivity index (χ0v) is 17.6. The van der Waals surface area contributed by atoms with Crippen LogP contribution in [-0.2, 0) is 16.1 Å². The molecule has 2 aromatic rings. The number of aromatic nitrogens is 2. The van der Waals surface area contributed by atoms with E-state index in [9.17, 15) is 9.59 Å². The highest BCUT2D eigenvalue weighted by Gasteiger charge is 2.31. The van der Waals surface area contributed by atoms with Crippen molar-refractivity contribution in [1.29, 1.82) is 0 Å². The molecule has 0 aliphatic carbocycles. The Balaban J connectivity index is 0.00000140. The van der Waals surface area contributed by atoms with Crippen LogP contribution in [0, 0.1) is 6.92 Å². The second kappa shape index (κ2) is 9.58. The van der Waals surface area contributed by atoms with Crippen molar-refractivity contribution in [3.05, 3.63) is 30.1 Å². The molecule has 1 unspecified atom stereocenters. The van der Waals surface area contributed by atoms with E-state index in [1.54, 1.807) is 0 Å². The van der Waals surface area contributed by atoms with Gasteiger partial charge in [0.15, 0.2) is 0 Å². The number of para-hydroxylation sites is 2. The Labute approximate surface area is 177 Å². The Kier molecular flexibility index (Phi) is 7.69. The molecule has 2 aliphatic rings. The van der Waals surface area contributed by atoms with Crippen molar-refractivity contribution in [2.24, 2.45) is 0 Å². The number of benzene rings is 1. The fourth-order valence-corrected chi connectivity index (χ4v) is 4.07. The standard InChI is InChI=1S/C19H25N5O2.2ClH/c1-14-21-16-6-2-3-7-17(16)24(14)13-19(26)22-9-4-5-15(12-22)23-10-8-20-11-18(23)25;;/h2-3,6-7,15,20H,4-5,8-13H2,1H3;2*1H. The highest BCUT2D eigenvalue weighted by Crippen LogP contribution is 2.19. The summed E-state index contributed by atoms with van der Waals surface area (Å²) in [6.07, 6.45) is 1.92. The minimum absolute atomic E-state index is 0. The van der Waals surface area contributed by atoms with Gasteiger partial charge in [-0.3, -0.25) is 9.59 Å². The van der Waals surface area contributed by atoms with Gasteiger partial charge < -0.3 is 19.7 Å². The Morgan fingerprint density at radius 2 is 2.04 bits per heavy atom. The van der Waals surface area contributed by atoms with E-state index >= 15 is 0 Å². The van der Waals surface area contributed by atoms with Gasteiger partial charge in [-0.2, -0.15) is 0 Å². The number of piperidine rings is 1. The summed E-state index contributed by atoms with van der Waals surface area (Å²) in [6.45, 7) is 5.61. The van der Waals surface area contributed by atoms with Gasteiger partial charge in [0.1, 0.15) is 12.4 Å². The summed E-state index contributed by atoms with van der Waals surface area (Å²) in [4.78, 5) is 33.5. The van der Waals surface area contributed by atoms with Crippen LogP contribution >= 0.6 is 24.8 Å². The lowest BCUT2D eigenvalue weighted by Crippen LogP contribution is -2.57. The molecule has 2 fully saturated rings. The molecule has 0 saturated carbocycles. The summed E-state index contributed by atoms with van der Waals surface area (Å²) in [7, 11) is 0. The smallest absolute Gasteiger partial charge is 0.242 e. The van der Waals surface area contributed by atoms with E-state index in [1.165, 1.54) is 0 Å². The number of imidazole rings is 1. The number of piperazine rings is 1. The molecule has 0 spiro atoms. The summed E-state index contributed by atoms with van der Waals surface area (Å²) in [5.74, 6) is 1.10. The molecule has 3 heterocycles. The third-order valence-electron chi connectivity index (χ3n) is 5.45. The van der Waals surface area contributed by atoms with Gasteiger partial charge in [0.2, 0.25) is 11.8 Å². The number of hydrogen-bond donors (Lipinski definition) is 1. The largest absolute Gasteiger partial charge is 0.339 e. The first kappa shape index (κ1) is 22.5. The summed E-state index contributed by atoms with van der Waals surface area (Å²) < 4.78 is 1.98. The summed E-state index contributed by atoms with van der Waals surface area (Å²) in [5.41, 5.74) is 1.91. The lowest BCUT2D eigenvalue weighted by Gasteiger charge is -2.41.